The molecule has 2 unspecified atom stereocenters. The van der Waals surface area contributed by atoms with E-state index in [1.54, 1.807) is 30.8 Å². The summed E-state index contributed by atoms with van der Waals surface area (Å²) in [5, 5.41) is 4.91. The van der Waals surface area contributed by atoms with Gasteiger partial charge in [0.15, 0.2) is 5.82 Å². The maximum absolute atomic E-state index is 14.0. The first-order valence-electron chi connectivity index (χ1n) is 14.2. The van der Waals surface area contributed by atoms with E-state index in [0.29, 0.717) is 62.5 Å². The Morgan fingerprint density at radius 1 is 1.09 bits per heavy atom. The predicted octanol–water partition coefficient (Wildman–Crippen LogP) is 7.67. The number of carbonyl (C=O) groups excluding carboxylic acids is 1. The van der Waals surface area contributed by atoms with Crippen molar-refractivity contribution in [1.29, 1.82) is 0 Å². The third-order valence-electron chi connectivity index (χ3n) is 8.48. The molecule has 2 atom stereocenters. The van der Waals surface area contributed by atoms with E-state index in [2.05, 4.69) is 53.2 Å². The number of halogens is 2. The molecule has 43 heavy (non-hydrogen) atoms. The third kappa shape index (κ3) is 5.64. The first kappa shape index (κ1) is 29.3. The van der Waals surface area contributed by atoms with Crippen LogP contribution in [0.25, 0.3) is 0 Å². The summed E-state index contributed by atoms with van der Waals surface area (Å²) in [6.07, 6.45) is 5.46. The van der Waals surface area contributed by atoms with Crippen LogP contribution < -0.4 is 19.9 Å². The van der Waals surface area contributed by atoms with Gasteiger partial charge in [0, 0.05) is 40.5 Å². The van der Waals surface area contributed by atoms with Crippen LogP contribution in [0, 0.1) is 0 Å². The molecule has 1 fully saturated rings. The number of likely N-dealkylation sites (tertiary alicyclic amines) is 1. The number of thiophene rings is 1. The zero-order chi connectivity index (χ0) is 30.2. The van der Waals surface area contributed by atoms with Crippen molar-refractivity contribution in [3.63, 3.8) is 0 Å². The number of fused-ring (bicyclic) bond motifs is 1. The molecule has 0 saturated carbocycles. The molecule has 5 heterocycles. The molecule has 2 aliphatic heterocycles. The van der Waals surface area contributed by atoms with Gasteiger partial charge in [-0.15, -0.1) is 11.3 Å². The van der Waals surface area contributed by atoms with Gasteiger partial charge in [-0.3, -0.25) is 4.90 Å². The Bertz CT molecular complexity index is 1610. The van der Waals surface area contributed by atoms with E-state index in [9.17, 15) is 9.18 Å². The van der Waals surface area contributed by atoms with Crippen LogP contribution in [0.4, 0.5) is 38.1 Å². The van der Waals surface area contributed by atoms with Crippen LogP contribution in [-0.2, 0) is 13.2 Å². The van der Waals surface area contributed by atoms with Gasteiger partial charge < -0.3 is 15.0 Å². The normalized spacial score (nSPS) is 20.7. The average Bonchev–Trinajstić information content (AvgIpc) is 3.39. The number of anilines is 5. The molecule has 0 spiro atoms. The van der Waals surface area contributed by atoms with E-state index in [-0.39, 0.29) is 6.54 Å². The van der Waals surface area contributed by atoms with Crippen molar-refractivity contribution < 1.29 is 13.9 Å². The third-order valence-corrected chi connectivity index (χ3v) is 9.73. The number of rotatable bonds is 7. The summed E-state index contributed by atoms with van der Waals surface area (Å²) >= 11 is 7.63. The topological polar surface area (TPSA) is 86.7 Å². The van der Waals surface area contributed by atoms with Crippen LogP contribution in [0.1, 0.15) is 49.3 Å². The summed E-state index contributed by atoms with van der Waals surface area (Å²) in [7, 11) is 3.75. The van der Waals surface area contributed by atoms with Crippen LogP contribution in [0.2, 0.25) is 4.34 Å². The zero-order valence-electron chi connectivity index (χ0n) is 24.4. The van der Waals surface area contributed by atoms with Crippen LogP contribution >= 0.6 is 22.9 Å². The monoisotopic (exact) mass is 621 g/mol. The molecule has 9 nitrogen and oxygen atoms in total. The van der Waals surface area contributed by atoms with Crippen LogP contribution in [0.5, 0.6) is 5.75 Å². The highest BCUT2D eigenvalue weighted by atomic mass is 35.5. The number of pyridine rings is 1. The molecule has 2 amide bonds. The minimum absolute atomic E-state index is 0.132. The number of hydrogen-bond acceptors (Lipinski definition) is 8. The second-order valence-corrected chi connectivity index (χ2v) is 12.6. The molecule has 12 heteroatoms. The van der Waals surface area contributed by atoms with Gasteiger partial charge >= 0.3 is 6.03 Å². The summed E-state index contributed by atoms with van der Waals surface area (Å²) in [5.41, 5.74) is 3.52. The van der Waals surface area contributed by atoms with Crippen LogP contribution in [0.3, 0.4) is 0 Å². The minimum atomic E-state index is -0.746. The maximum Gasteiger partial charge on any atom is 0.336 e. The Morgan fingerprint density at radius 3 is 2.49 bits per heavy atom. The molecular formula is C31H33ClFN7O2S. The lowest BCUT2D eigenvalue weighted by Crippen LogP contribution is -2.46. The molecule has 0 aliphatic carbocycles. The van der Waals surface area contributed by atoms with Gasteiger partial charge in [-0.05, 0) is 69.5 Å². The van der Waals surface area contributed by atoms with Crippen molar-refractivity contribution in [3.05, 3.63) is 75.2 Å². The average molecular weight is 622 g/mol. The lowest BCUT2D eigenvalue weighted by molar-refractivity contribution is 0.123. The number of amides is 2. The Balaban J connectivity index is 1.30. The largest absolute Gasteiger partial charge is 0.495 e. The quantitative estimate of drug-likeness (QED) is 0.227. The molecule has 4 aromatic rings. The summed E-state index contributed by atoms with van der Waals surface area (Å²) in [5.74, 6) is 2.12. The number of nitrogens with one attached hydrogen (secondary N) is 1. The fourth-order valence-electron chi connectivity index (χ4n) is 5.88. The minimum Gasteiger partial charge on any atom is -0.495 e. The summed E-state index contributed by atoms with van der Waals surface area (Å²) in [4.78, 5) is 33.1. The van der Waals surface area contributed by atoms with E-state index in [1.807, 2.05) is 12.1 Å². The number of ether oxygens (including phenoxy) is 1. The second kappa shape index (κ2) is 12.1. The zero-order valence-corrected chi connectivity index (χ0v) is 26.0. The van der Waals surface area contributed by atoms with Gasteiger partial charge in [-0.1, -0.05) is 23.7 Å². The van der Waals surface area contributed by atoms with Gasteiger partial charge in [0.25, 0.3) is 0 Å². The van der Waals surface area contributed by atoms with Crippen LogP contribution in [0.15, 0.2) is 54.2 Å². The van der Waals surface area contributed by atoms with Crippen LogP contribution in [-0.4, -0.2) is 52.1 Å². The Labute approximate surface area is 259 Å². The molecule has 0 radical (unpaired) electrons. The fraction of sp³-hybridized carbons (Fsp3) is 0.355. The number of aromatic nitrogens is 3. The van der Waals surface area contributed by atoms with E-state index in [1.165, 1.54) is 32.9 Å². The van der Waals surface area contributed by atoms with E-state index in [4.69, 9.17) is 21.3 Å². The fourth-order valence-corrected chi connectivity index (χ4v) is 7.01. The van der Waals surface area contributed by atoms with Crippen molar-refractivity contribution >= 4 is 57.9 Å². The standard InChI is InChI=1S/C31H33ClFN7O2S/c1-18-11-21(12-19(2)38(18)3)20-5-7-24(8-6-20)36-30-35-14-23-16-39(27-22(13-33)17-43-28(27)32)31(41)40(29(23)37-30)26-10-9-25(42-4)15-34-26/h5-10,14-15,17-19,21H,11-13,16H2,1-4H3,(H,35,36,37). The van der Waals surface area contributed by atoms with Gasteiger partial charge in [-0.2, -0.15) is 4.98 Å². The number of piperidine rings is 1. The highest BCUT2D eigenvalue weighted by Crippen LogP contribution is 2.42. The second-order valence-electron chi connectivity index (χ2n) is 11.1. The molecule has 1 N–H and O–H groups in total. The molecule has 6 rings (SSSR count). The molecule has 3 aromatic heterocycles. The SMILES string of the molecule is COc1ccc(N2C(=O)N(c3c(CF)csc3Cl)Cc3cnc(Nc4ccc(C5CC(C)N(C)C(C)C5)cc4)nc32)nc1. The number of urea groups is 1. The molecular weight excluding hydrogens is 589 g/mol. The summed E-state index contributed by atoms with van der Waals surface area (Å²) < 4.78 is 19.4. The highest BCUT2D eigenvalue weighted by molar-refractivity contribution is 7.15. The lowest BCUT2D eigenvalue weighted by atomic mass is 9.83. The van der Waals surface area contributed by atoms with Gasteiger partial charge in [0.1, 0.15) is 22.6 Å². The van der Waals surface area contributed by atoms with E-state index in [0.717, 1.165) is 18.5 Å². The lowest BCUT2D eigenvalue weighted by Gasteiger charge is -2.40. The van der Waals surface area contributed by atoms with Gasteiger partial charge in [0.05, 0.1) is 25.5 Å². The number of nitrogens with zero attached hydrogens (tertiary/aromatic N) is 6. The van der Waals surface area contributed by atoms with E-state index < -0.39 is 12.7 Å². The molecule has 0 bridgehead atoms. The number of hydrogen-bond donors (Lipinski definition) is 1. The van der Waals surface area contributed by atoms with Crippen molar-refractivity contribution in [2.75, 3.05) is 29.3 Å². The van der Waals surface area contributed by atoms with Crippen molar-refractivity contribution in [1.82, 2.24) is 19.9 Å². The Hall–Kier alpha value is -3.80. The number of methoxy groups -OCH3 is 1. The number of carbonyl (C=O) groups is 1. The first-order chi connectivity index (χ1) is 20.8. The predicted molar refractivity (Wildman–Crippen MR) is 169 cm³/mol. The summed E-state index contributed by atoms with van der Waals surface area (Å²) in [6.45, 7) is 3.96. The molecule has 224 valence electrons. The van der Waals surface area contributed by atoms with E-state index >= 15 is 0 Å². The van der Waals surface area contributed by atoms with Crippen molar-refractivity contribution in [3.8, 4) is 5.75 Å². The van der Waals surface area contributed by atoms with Gasteiger partial charge in [0.2, 0.25) is 5.95 Å². The molecule has 2 aliphatic rings. The maximum atomic E-state index is 14.0. The first-order valence-corrected chi connectivity index (χ1v) is 15.4. The molecule has 1 saturated heterocycles. The van der Waals surface area contributed by atoms with Crippen molar-refractivity contribution in [2.45, 2.75) is 57.9 Å². The Morgan fingerprint density at radius 2 is 1.84 bits per heavy atom. The van der Waals surface area contributed by atoms with Gasteiger partial charge in [-0.25, -0.2) is 24.1 Å². The number of alkyl halides is 1. The Kier molecular flexibility index (Phi) is 8.21. The van der Waals surface area contributed by atoms with Crippen molar-refractivity contribution in [2.24, 2.45) is 0 Å². The molecule has 1 aromatic carbocycles. The summed E-state index contributed by atoms with van der Waals surface area (Å²) in [6, 6.07) is 12.4. The number of benzene rings is 1. The highest BCUT2D eigenvalue weighted by Gasteiger charge is 2.37. The smallest absolute Gasteiger partial charge is 0.336 e.